The topological polar surface area (TPSA) is 158 Å². The van der Waals surface area contributed by atoms with Crippen molar-refractivity contribution in [2.45, 2.75) is 69.9 Å². The van der Waals surface area contributed by atoms with Gasteiger partial charge in [0.1, 0.15) is 6.10 Å². The molecule has 1 aromatic carbocycles. The van der Waals surface area contributed by atoms with E-state index in [4.69, 9.17) is 23.8 Å². The molecular formula is C26H35N3O9SSi. The smallest absolute Gasteiger partial charge is 0.338 e. The number of rotatable bonds is 6. The van der Waals surface area contributed by atoms with Gasteiger partial charge in [0.15, 0.2) is 26.3 Å². The molecule has 2 N–H and O–H groups in total. The van der Waals surface area contributed by atoms with Crippen molar-refractivity contribution in [2.75, 3.05) is 6.61 Å². The van der Waals surface area contributed by atoms with E-state index in [0.717, 1.165) is 14.5 Å². The Morgan fingerprint density at radius 1 is 1.18 bits per heavy atom. The molecule has 2 aromatic rings. The van der Waals surface area contributed by atoms with Gasteiger partial charge in [-0.05, 0) is 37.2 Å². The molecule has 4 rings (SSSR count). The second-order valence-corrected chi connectivity index (χ2v) is 17.8. The first kappa shape index (κ1) is 29.9. The number of hydrogen-bond acceptors (Lipinski definition) is 10. The molecule has 2 unspecified atom stereocenters. The Bertz CT molecular complexity index is 1570. The predicted molar refractivity (Wildman–Crippen MR) is 148 cm³/mol. The maximum atomic E-state index is 13.3. The summed E-state index contributed by atoms with van der Waals surface area (Å²) in [6.45, 7) is 11.5. The highest BCUT2D eigenvalue weighted by Crippen LogP contribution is 2.49. The van der Waals surface area contributed by atoms with Crippen molar-refractivity contribution in [3.8, 4) is 0 Å². The number of carbonyl (C=O) groups is 1. The summed E-state index contributed by atoms with van der Waals surface area (Å²) in [5, 5.41) is 0.545. The molecule has 1 spiro atoms. The van der Waals surface area contributed by atoms with Crippen LogP contribution in [0.4, 0.5) is 0 Å². The third-order valence-corrected chi connectivity index (χ3v) is 13.4. The molecule has 0 amide bonds. The lowest BCUT2D eigenvalue weighted by atomic mass is 9.89. The molecule has 12 nitrogen and oxygen atoms in total. The third-order valence-electron chi connectivity index (χ3n) is 7.84. The van der Waals surface area contributed by atoms with Crippen molar-refractivity contribution in [1.29, 1.82) is 0 Å². The van der Waals surface area contributed by atoms with Crippen LogP contribution in [-0.2, 0) is 35.2 Å². The Hall–Kier alpha value is -3.04. The Balaban J connectivity index is 1.89. The number of ether oxygens (including phenoxy) is 2. The second kappa shape index (κ2) is 10.1. The van der Waals surface area contributed by atoms with Gasteiger partial charge >= 0.3 is 11.7 Å². The maximum absolute atomic E-state index is 13.3. The molecule has 14 heteroatoms. The molecule has 0 bridgehead atoms. The fourth-order valence-electron chi connectivity index (χ4n) is 4.50. The summed E-state index contributed by atoms with van der Waals surface area (Å²) in [5.41, 5.74) is 3.10. The van der Waals surface area contributed by atoms with E-state index in [0.29, 0.717) is 0 Å². The van der Waals surface area contributed by atoms with Gasteiger partial charge in [-0.1, -0.05) is 39.0 Å². The molecule has 1 saturated heterocycles. The van der Waals surface area contributed by atoms with Gasteiger partial charge in [0, 0.05) is 18.8 Å². The van der Waals surface area contributed by atoms with Crippen LogP contribution in [-0.4, -0.2) is 56.3 Å². The fraction of sp³-hybridized carbons (Fsp3) is 0.500. The van der Waals surface area contributed by atoms with E-state index in [1.54, 1.807) is 18.2 Å². The van der Waals surface area contributed by atoms with E-state index in [1.807, 2.05) is 33.9 Å². The summed E-state index contributed by atoms with van der Waals surface area (Å²) in [5.74, 6) is -0.820. The summed E-state index contributed by atoms with van der Waals surface area (Å²) in [6, 6.07) is 8.03. The van der Waals surface area contributed by atoms with Crippen LogP contribution in [0.2, 0.25) is 18.1 Å². The highest BCUT2D eigenvalue weighted by molar-refractivity contribution is 7.90. The van der Waals surface area contributed by atoms with Gasteiger partial charge in [-0.2, -0.15) is 8.42 Å². The first-order valence-electron chi connectivity index (χ1n) is 12.7. The van der Waals surface area contributed by atoms with Crippen molar-refractivity contribution in [2.24, 2.45) is 12.8 Å². The van der Waals surface area contributed by atoms with Gasteiger partial charge in [-0.15, -0.1) is 0 Å². The van der Waals surface area contributed by atoms with Gasteiger partial charge in [0.25, 0.3) is 15.7 Å². The number of benzene rings is 1. The number of aromatic nitrogens is 2. The lowest BCUT2D eigenvalue weighted by molar-refractivity contribution is -0.0597. The molecule has 218 valence electrons. The highest BCUT2D eigenvalue weighted by Gasteiger charge is 2.67. The molecule has 3 heterocycles. The van der Waals surface area contributed by atoms with Gasteiger partial charge in [-0.25, -0.2) is 13.8 Å². The highest BCUT2D eigenvalue weighted by atomic mass is 32.2. The number of aryl methyl sites for hydroxylation is 1. The van der Waals surface area contributed by atoms with Crippen LogP contribution in [0.5, 0.6) is 0 Å². The van der Waals surface area contributed by atoms with Gasteiger partial charge in [0.2, 0.25) is 0 Å². The molecule has 1 fully saturated rings. The number of hydrogen-bond donors (Lipinski definition) is 1. The molecule has 0 radical (unpaired) electrons. The van der Waals surface area contributed by atoms with Crippen molar-refractivity contribution in [1.82, 2.24) is 9.13 Å². The minimum absolute atomic E-state index is 0.171. The van der Waals surface area contributed by atoms with Crippen molar-refractivity contribution in [3.63, 3.8) is 0 Å². The standard InChI is InChI=1S/C26H35N3O9SSi/c1-16-13-29(24(32)28(5)21(16)30)22-20(37-23(31)17-11-9-8-10-12-17)26(18(27)15-39(33,34)38-26)19(36-22)14-35-40(6,7)25(2,3)4/h8-13,15,19-20,22H,14,27H2,1-7H3/t19?,20-,22+,26?/m0/s1. The zero-order valence-electron chi connectivity index (χ0n) is 23.5. The van der Waals surface area contributed by atoms with Gasteiger partial charge in [-0.3, -0.25) is 13.9 Å². The van der Waals surface area contributed by atoms with Crippen molar-refractivity contribution >= 4 is 24.4 Å². The molecular weight excluding hydrogens is 558 g/mol. The van der Waals surface area contributed by atoms with Crippen LogP contribution >= 0.6 is 0 Å². The number of nitrogens with two attached hydrogens (primary N) is 1. The number of nitrogens with zero attached hydrogens (tertiary/aromatic N) is 2. The lowest BCUT2D eigenvalue weighted by Crippen LogP contribution is -2.56. The monoisotopic (exact) mass is 593 g/mol. The number of carbonyl (C=O) groups excluding carboxylic acids is 1. The summed E-state index contributed by atoms with van der Waals surface area (Å²) < 4.78 is 51.6. The third kappa shape index (κ3) is 5.09. The Kier molecular flexibility index (Phi) is 7.56. The Morgan fingerprint density at radius 2 is 1.80 bits per heavy atom. The normalized spacial score (nSPS) is 26.2. The van der Waals surface area contributed by atoms with Crippen LogP contribution in [0.15, 0.2) is 57.2 Å². The first-order chi connectivity index (χ1) is 18.4. The maximum Gasteiger partial charge on any atom is 0.338 e. The Morgan fingerprint density at radius 3 is 2.35 bits per heavy atom. The predicted octanol–water partition coefficient (Wildman–Crippen LogP) is 1.90. The van der Waals surface area contributed by atoms with Gasteiger partial charge in [0.05, 0.1) is 23.3 Å². The second-order valence-electron chi connectivity index (χ2n) is 11.6. The molecule has 2 aliphatic heterocycles. The largest absolute Gasteiger partial charge is 0.450 e. The summed E-state index contributed by atoms with van der Waals surface area (Å²) >= 11 is 0. The zero-order chi connectivity index (χ0) is 29.8. The minimum Gasteiger partial charge on any atom is -0.450 e. The van der Waals surface area contributed by atoms with Crippen LogP contribution in [0, 0.1) is 6.92 Å². The minimum atomic E-state index is -4.32. The van der Waals surface area contributed by atoms with Crippen molar-refractivity contribution < 1.29 is 31.3 Å². The van der Waals surface area contributed by atoms with Gasteiger partial charge < -0.3 is 19.6 Å². The van der Waals surface area contributed by atoms with E-state index in [2.05, 4.69) is 0 Å². The fourth-order valence-corrected chi connectivity index (χ4v) is 6.73. The molecule has 4 atom stereocenters. The zero-order valence-corrected chi connectivity index (χ0v) is 25.4. The average molecular weight is 594 g/mol. The van der Waals surface area contributed by atoms with E-state index in [-0.39, 0.29) is 28.5 Å². The SMILES string of the molecule is Cc1cn([C@@H]2OC(CO[Si](C)(C)C(C)(C)C)C3(OS(=O)(=O)C=C3N)[C@H]2OC(=O)c2ccccc2)c(=O)n(C)c1=O. The Labute approximate surface area is 233 Å². The lowest BCUT2D eigenvalue weighted by Gasteiger charge is -2.39. The quantitative estimate of drug-likeness (QED) is 0.298. The van der Waals surface area contributed by atoms with E-state index >= 15 is 0 Å². The van der Waals surface area contributed by atoms with E-state index < -0.39 is 59.7 Å². The van der Waals surface area contributed by atoms with Crippen LogP contribution in [0.25, 0.3) is 0 Å². The molecule has 0 saturated carbocycles. The summed E-state index contributed by atoms with van der Waals surface area (Å²) in [7, 11) is -5.43. The molecule has 0 aliphatic carbocycles. The van der Waals surface area contributed by atoms with Crippen LogP contribution < -0.4 is 17.0 Å². The molecule has 40 heavy (non-hydrogen) atoms. The average Bonchev–Trinajstić information content (AvgIpc) is 3.30. The van der Waals surface area contributed by atoms with E-state index in [1.165, 1.54) is 32.3 Å². The van der Waals surface area contributed by atoms with Crippen LogP contribution in [0.3, 0.4) is 0 Å². The van der Waals surface area contributed by atoms with Crippen LogP contribution in [0.1, 0.15) is 42.9 Å². The molecule has 1 aromatic heterocycles. The first-order valence-corrected chi connectivity index (χ1v) is 17.1. The van der Waals surface area contributed by atoms with E-state index in [9.17, 15) is 22.8 Å². The van der Waals surface area contributed by atoms with Crippen molar-refractivity contribution in [3.05, 3.63) is 79.6 Å². The molecule has 2 aliphatic rings. The summed E-state index contributed by atoms with van der Waals surface area (Å²) in [4.78, 5) is 39.0. The number of esters is 1. The summed E-state index contributed by atoms with van der Waals surface area (Å²) in [6.07, 6.45) is -2.92.